The molecular weight excluding hydrogens is 370 g/mol. The van der Waals surface area contributed by atoms with Gasteiger partial charge in [-0.05, 0) is 11.6 Å². The average molecular weight is 391 g/mol. The Morgan fingerprint density at radius 1 is 1.04 bits per heavy atom. The normalized spacial score (nSPS) is 15.8. The van der Waals surface area contributed by atoms with Crippen LogP contribution < -0.4 is 0 Å². The van der Waals surface area contributed by atoms with E-state index in [-0.39, 0.29) is 5.91 Å². The number of fused-ring (bicyclic) bond motifs is 3. The van der Waals surface area contributed by atoms with Gasteiger partial charge in [0.1, 0.15) is 0 Å². The zero-order chi connectivity index (χ0) is 18.9. The maximum Gasteiger partial charge on any atom is 0.274 e. The van der Waals surface area contributed by atoms with E-state index in [1.165, 1.54) is 16.0 Å². The maximum atomic E-state index is 13.2. The molecule has 0 atom stereocenters. The van der Waals surface area contributed by atoms with E-state index in [4.69, 9.17) is 9.84 Å². The molecule has 142 valence electrons. The summed E-state index contributed by atoms with van der Waals surface area (Å²) in [5, 5.41) is 4.83. The molecule has 1 amide bonds. The topological polar surface area (TPSA) is 47.4 Å². The summed E-state index contributed by atoms with van der Waals surface area (Å²) in [5.74, 6) is 0.790. The third-order valence-corrected chi connectivity index (χ3v) is 6.34. The van der Waals surface area contributed by atoms with Gasteiger partial charge < -0.3 is 9.64 Å². The molecule has 3 heterocycles. The number of hydrogen-bond acceptors (Lipinski definition) is 4. The molecule has 1 fully saturated rings. The number of amides is 1. The van der Waals surface area contributed by atoms with Crippen molar-refractivity contribution in [3.05, 3.63) is 71.4 Å². The number of carbonyl (C=O) groups excluding carboxylic acids is 1. The molecule has 0 saturated carbocycles. The molecule has 6 heteroatoms. The minimum absolute atomic E-state index is 0.0198. The van der Waals surface area contributed by atoms with Crippen LogP contribution in [0.5, 0.6) is 0 Å². The van der Waals surface area contributed by atoms with Crippen LogP contribution in [0, 0.1) is 0 Å². The number of nitrogens with zero attached hydrogens (tertiary/aromatic N) is 3. The van der Waals surface area contributed by atoms with Gasteiger partial charge in [-0.25, -0.2) is 0 Å². The Morgan fingerprint density at radius 2 is 1.79 bits per heavy atom. The molecule has 0 aliphatic carbocycles. The Bertz CT molecular complexity index is 1010. The molecule has 2 aliphatic heterocycles. The second-order valence-electron chi connectivity index (χ2n) is 7.01. The van der Waals surface area contributed by atoms with Crippen molar-refractivity contribution in [2.24, 2.45) is 0 Å². The lowest BCUT2D eigenvalue weighted by atomic mass is 10.0. The SMILES string of the molecule is O=C(c1nn(Cc2ccccc2)c2c1CSc1ccccc1-2)N1CCOCC1. The minimum atomic E-state index is 0.0198. The largest absolute Gasteiger partial charge is 0.378 e. The van der Waals surface area contributed by atoms with Crippen molar-refractivity contribution in [1.82, 2.24) is 14.7 Å². The average Bonchev–Trinajstić information content (AvgIpc) is 3.13. The molecule has 28 heavy (non-hydrogen) atoms. The zero-order valence-corrected chi connectivity index (χ0v) is 16.3. The minimum Gasteiger partial charge on any atom is -0.378 e. The Balaban J connectivity index is 1.61. The first kappa shape index (κ1) is 17.5. The Morgan fingerprint density at radius 3 is 2.61 bits per heavy atom. The molecule has 2 aliphatic rings. The monoisotopic (exact) mass is 391 g/mol. The van der Waals surface area contributed by atoms with Gasteiger partial charge in [-0.1, -0.05) is 48.5 Å². The van der Waals surface area contributed by atoms with E-state index >= 15 is 0 Å². The van der Waals surface area contributed by atoms with Crippen molar-refractivity contribution in [1.29, 1.82) is 0 Å². The lowest BCUT2D eigenvalue weighted by Crippen LogP contribution is -2.41. The summed E-state index contributed by atoms with van der Waals surface area (Å²) in [6.07, 6.45) is 0. The van der Waals surface area contributed by atoms with Crippen molar-refractivity contribution in [2.75, 3.05) is 26.3 Å². The molecule has 0 unspecified atom stereocenters. The third-order valence-electron chi connectivity index (χ3n) is 5.24. The first-order valence-corrected chi connectivity index (χ1v) is 10.5. The number of ether oxygens (including phenoxy) is 1. The summed E-state index contributed by atoms with van der Waals surface area (Å²) in [6.45, 7) is 3.09. The lowest BCUT2D eigenvalue weighted by molar-refractivity contribution is 0.0298. The van der Waals surface area contributed by atoms with Gasteiger partial charge in [-0.15, -0.1) is 11.8 Å². The second-order valence-corrected chi connectivity index (χ2v) is 8.03. The number of rotatable bonds is 3. The molecule has 0 N–H and O–H groups in total. The van der Waals surface area contributed by atoms with Gasteiger partial charge in [-0.3, -0.25) is 9.48 Å². The number of benzene rings is 2. The first-order valence-electron chi connectivity index (χ1n) is 9.54. The molecule has 0 spiro atoms. The van der Waals surface area contributed by atoms with Gasteiger partial charge in [0.15, 0.2) is 5.69 Å². The van der Waals surface area contributed by atoms with E-state index in [9.17, 15) is 4.79 Å². The summed E-state index contributed by atoms with van der Waals surface area (Å²) in [6, 6.07) is 18.7. The summed E-state index contributed by atoms with van der Waals surface area (Å²) >= 11 is 1.78. The van der Waals surface area contributed by atoms with Crippen LogP contribution in [0.4, 0.5) is 0 Å². The molecule has 5 nitrogen and oxygen atoms in total. The van der Waals surface area contributed by atoms with Gasteiger partial charge in [0, 0.05) is 34.9 Å². The van der Waals surface area contributed by atoms with E-state index < -0.39 is 0 Å². The molecule has 1 saturated heterocycles. The van der Waals surface area contributed by atoms with E-state index in [0.29, 0.717) is 38.5 Å². The van der Waals surface area contributed by atoms with Crippen LogP contribution in [0.1, 0.15) is 21.6 Å². The van der Waals surface area contributed by atoms with Crippen molar-refractivity contribution >= 4 is 17.7 Å². The molecule has 1 aromatic heterocycles. The molecule has 3 aromatic rings. The van der Waals surface area contributed by atoms with Crippen LogP contribution >= 0.6 is 11.8 Å². The van der Waals surface area contributed by atoms with E-state index in [1.54, 1.807) is 11.8 Å². The highest BCUT2D eigenvalue weighted by molar-refractivity contribution is 7.98. The Labute approximate surface area is 168 Å². The third kappa shape index (κ3) is 3.12. The number of hydrogen-bond donors (Lipinski definition) is 0. The van der Waals surface area contributed by atoms with Gasteiger partial charge in [-0.2, -0.15) is 5.10 Å². The predicted molar refractivity (Wildman–Crippen MR) is 109 cm³/mol. The van der Waals surface area contributed by atoms with Gasteiger partial charge >= 0.3 is 0 Å². The number of morpholine rings is 1. The van der Waals surface area contributed by atoms with E-state index in [1.807, 2.05) is 27.8 Å². The molecular formula is C22H21N3O2S. The summed E-state index contributed by atoms with van der Waals surface area (Å²) in [7, 11) is 0. The molecule has 0 bridgehead atoms. The highest BCUT2D eigenvalue weighted by Gasteiger charge is 2.31. The van der Waals surface area contributed by atoms with Gasteiger partial charge in [0.05, 0.1) is 25.5 Å². The fraction of sp³-hybridized carbons (Fsp3) is 0.273. The number of carbonyl (C=O) groups is 1. The standard InChI is InChI=1S/C22H21N3O2S/c26-22(24-10-12-27-13-11-24)20-18-15-28-19-9-5-4-8-17(19)21(18)25(23-20)14-16-6-2-1-3-7-16/h1-9H,10-15H2. The Kier molecular flexibility index (Phi) is 4.66. The van der Waals surface area contributed by atoms with E-state index in [2.05, 4.69) is 36.4 Å². The molecule has 5 rings (SSSR count). The van der Waals surface area contributed by atoms with E-state index in [0.717, 1.165) is 17.0 Å². The first-order chi connectivity index (χ1) is 13.8. The van der Waals surface area contributed by atoms with Crippen molar-refractivity contribution < 1.29 is 9.53 Å². The number of aromatic nitrogens is 2. The quantitative estimate of drug-likeness (QED) is 0.683. The zero-order valence-electron chi connectivity index (χ0n) is 15.5. The fourth-order valence-corrected chi connectivity index (χ4v) is 4.90. The van der Waals surface area contributed by atoms with Crippen molar-refractivity contribution in [3.8, 4) is 11.3 Å². The maximum absolute atomic E-state index is 13.2. The fourth-order valence-electron chi connectivity index (χ4n) is 3.83. The summed E-state index contributed by atoms with van der Waals surface area (Å²) in [5.41, 5.74) is 5.06. The van der Waals surface area contributed by atoms with Crippen LogP contribution in [-0.4, -0.2) is 46.9 Å². The smallest absolute Gasteiger partial charge is 0.274 e. The van der Waals surface area contributed by atoms with Crippen LogP contribution in [0.3, 0.4) is 0 Å². The summed E-state index contributed by atoms with van der Waals surface area (Å²) < 4.78 is 7.42. The van der Waals surface area contributed by atoms with Crippen LogP contribution in [0.25, 0.3) is 11.3 Å². The Hall–Kier alpha value is -2.57. The van der Waals surface area contributed by atoms with Crippen LogP contribution in [0.15, 0.2) is 59.5 Å². The molecule has 0 radical (unpaired) electrons. The summed E-state index contributed by atoms with van der Waals surface area (Å²) in [4.78, 5) is 16.3. The highest BCUT2D eigenvalue weighted by atomic mass is 32.2. The number of thioether (sulfide) groups is 1. The van der Waals surface area contributed by atoms with Crippen molar-refractivity contribution in [3.63, 3.8) is 0 Å². The highest BCUT2D eigenvalue weighted by Crippen LogP contribution is 2.43. The van der Waals surface area contributed by atoms with Crippen LogP contribution in [0.2, 0.25) is 0 Å². The van der Waals surface area contributed by atoms with Gasteiger partial charge in [0.25, 0.3) is 5.91 Å². The van der Waals surface area contributed by atoms with Gasteiger partial charge in [0.2, 0.25) is 0 Å². The molecule has 2 aromatic carbocycles. The second kappa shape index (κ2) is 7.45. The van der Waals surface area contributed by atoms with Crippen molar-refractivity contribution in [2.45, 2.75) is 17.2 Å². The van der Waals surface area contributed by atoms with Crippen LogP contribution in [-0.2, 0) is 17.0 Å². The lowest BCUT2D eigenvalue weighted by Gasteiger charge is -2.26. The predicted octanol–water partition coefficient (Wildman–Crippen LogP) is 3.68.